The van der Waals surface area contributed by atoms with E-state index in [2.05, 4.69) is 15.2 Å². The molecule has 1 saturated heterocycles. The van der Waals surface area contributed by atoms with Gasteiger partial charge in [0, 0.05) is 46.5 Å². The molecule has 0 amide bonds. The van der Waals surface area contributed by atoms with E-state index in [1.807, 2.05) is 13.0 Å². The van der Waals surface area contributed by atoms with Crippen LogP contribution in [0, 0.1) is 0 Å². The Morgan fingerprint density at radius 1 is 1.24 bits per heavy atom. The first-order valence-corrected chi connectivity index (χ1v) is 12.0. The Morgan fingerprint density at radius 3 is 2.52 bits per heavy atom. The summed E-state index contributed by atoms with van der Waals surface area (Å²) in [4.78, 5) is 6.94. The summed E-state index contributed by atoms with van der Waals surface area (Å²) in [6, 6.07) is 8.43. The van der Waals surface area contributed by atoms with Gasteiger partial charge in [-0.15, -0.1) is 0 Å². The summed E-state index contributed by atoms with van der Waals surface area (Å²) in [5.74, 6) is 0.809. The van der Waals surface area contributed by atoms with E-state index in [-0.39, 0.29) is 17.9 Å². The molecule has 1 aromatic carbocycles. The molecule has 0 saturated carbocycles. The second-order valence-corrected chi connectivity index (χ2v) is 9.33. The maximum Gasteiger partial charge on any atom is 0.193 e. The Hall–Kier alpha value is -1.64. The van der Waals surface area contributed by atoms with Gasteiger partial charge in [0.1, 0.15) is 0 Å². The molecule has 0 aromatic heterocycles. The van der Waals surface area contributed by atoms with E-state index in [0.29, 0.717) is 11.3 Å². The molecular formula is C21H35N3O4S. The van der Waals surface area contributed by atoms with Crippen molar-refractivity contribution in [1.29, 1.82) is 0 Å². The highest BCUT2D eigenvalue weighted by atomic mass is 32.2. The van der Waals surface area contributed by atoms with Crippen molar-refractivity contribution in [3.63, 3.8) is 0 Å². The Morgan fingerprint density at radius 2 is 1.93 bits per heavy atom. The van der Waals surface area contributed by atoms with Crippen LogP contribution >= 0.6 is 0 Å². The number of nitrogens with zero attached hydrogens (tertiary/aromatic N) is 2. The summed E-state index contributed by atoms with van der Waals surface area (Å²) < 4.78 is 36.4. The Labute approximate surface area is 175 Å². The van der Waals surface area contributed by atoms with Crippen LogP contribution in [0.2, 0.25) is 0 Å². The lowest BCUT2D eigenvalue weighted by Crippen LogP contribution is -2.51. The van der Waals surface area contributed by atoms with Gasteiger partial charge < -0.3 is 19.7 Å². The Balaban J connectivity index is 1.87. The largest absolute Gasteiger partial charge is 0.385 e. The topological polar surface area (TPSA) is 80.2 Å². The number of piperidine rings is 1. The highest BCUT2D eigenvalue weighted by Crippen LogP contribution is 2.16. The quantitative estimate of drug-likeness (QED) is 0.352. The average Bonchev–Trinajstić information content (AvgIpc) is 2.75. The number of hydrogen-bond acceptors (Lipinski definition) is 5. The van der Waals surface area contributed by atoms with E-state index in [1.54, 1.807) is 38.4 Å². The second-order valence-electron chi connectivity index (χ2n) is 7.29. The van der Waals surface area contributed by atoms with Crippen molar-refractivity contribution in [2.24, 2.45) is 4.99 Å². The maximum absolute atomic E-state index is 12.7. The predicted octanol–water partition coefficient (Wildman–Crippen LogP) is 2.33. The highest BCUT2D eigenvalue weighted by molar-refractivity contribution is 7.91. The minimum Gasteiger partial charge on any atom is -0.385 e. The van der Waals surface area contributed by atoms with Crippen molar-refractivity contribution in [1.82, 2.24) is 10.2 Å². The molecule has 1 atom stereocenters. The van der Waals surface area contributed by atoms with Crippen LogP contribution in [0.25, 0.3) is 0 Å². The van der Waals surface area contributed by atoms with Gasteiger partial charge in [-0.05, 0) is 37.8 Å². The molecule has 0 bridgehead atoms. The maximum atomic E-state index is 12.7. The number of aliphatic imine (C=N–C) groups is 1. The van der Waals surface area contributed by atoms with Crippen LogP contribution in [0.15, 0.2) is 40.2 Å². The smallest absolute Gasteiger partial charge is 0.193 e. The summed E-state index contributed by atoms with van der Waals surface area (Å²) in [7, 11) is 0.0980. The monoisotopic (exact) mass is 425 g/mol. The van der Waals surface area contributed by atoms with E-state index in [9.17, 15) is 8.42 Å². The van der Waals surface area contributed by atoms with E-state index in [0.717, 1.165) is 51.5 Å². The molecule has 1 aromatic rings. The van der Waals surface area contributed by atoms with Crippen molar-refractivity contribution < 1.29 is 17.9 Å². The van der Waals surface area contributed by atoms with Crippen LogP contribution in [0.3, 0.4) is 0 Å². The van der Waals surface area contributed by atoms with Gasteiger partial charge in [0.2, 0.25) is 0 Å². The summed E-state index contributed by atoms with van der Waals surface area (Å²) in [5, 5.41) is 3.36. The number of guanidine groups is 1. The van der Waals surface area contributed by atoms with E-state index < -0.39 is 9.84 Å². The molecule has 2 rings (SSSR count). The van der Waals surface area contributed by atoms with Gasteiger partial charge in [-0.1, -0.05) is 25.1 Å². The van der Waals surface area contributed by atoms with Crippen molar-refractivity contribution in [3.8, 4) is 0 Å². The van der Waals surface area contributed by atoms with Crippen molar-refractivity contribution in [2.75, 3.05) is 46.2 Å². The zero-order chi connectivity index (χ0) is 21.1. The zero-order valence-corrected chi connectivity index (χ0v) is 18.7. The molecule has 0 aliphatic carbocycles. The minimum absolute atomic E-state index is 0.0472. The number of nitrogens with one attached hydrogen (secondary N) is 1. The minimum atomic E-state index is -3.35. The third-order valence-corrected chi connectivity index (χ3v) is 6.98. The first-order chi connectivity index (χ1) is 14.0. The lowest BCUT2D eigenvalue weighted by molar-refractivity contribution is 0.00984. The van der Waals surface area contributed by atoms with Crippen LogP contribution in [-0.4, -0.2) is 77.6 Å². The Kier molecular flexibility index (Phi) is 9.90. The van der Waals surface area contributed by atoms with Crippen LogP contribution in [0.4, 0.5) is 0 Å². The lowest BCUT2D eigenvalue weighted by Gasteiger charge is -2.35. The van der Waals surface area contributed by atoms with E-state index in [4.69, 9.17) is 9.47 Å². The molecule has 29 heavy (non-hydrogen) atoms. The number of ether oxygens (including phenoxy) is 2. The number of likely N-dealkylation sites (tertiary alicyclic amines) is 1. The van der Waals surface area contributed by atoms with Gasteiger partial charge in [-0.2, -0.15) is 0 Å². The number of hydrogen-bond donors (Lipinski definition) is 1. The van der Waals surface area contributed by atoms with E-state index in [1.165, 1.54) is 0 Å². The zero-order valence-electron chi connectivity index (χ0n) is 17.8. The molecule has 1 fully saturated rings. The van der Waals surface area contributed by atoms with Crippen LogP contribution < -0.4 is 5.32 Å². The molecule has 7 nitrogen and oxygen atoms in total. The van der Waals surface area contributed by atoms with E-state index >= 15 is 0 Å². The van der Waals surface area contributed by atoms with Crippen molar-refractivity contribution >= 4 is 15.8 Å². The van der Waals surface area contributed by atoms with Gasteiger partial charge >= 0.3 is 0 Å². The van der Waals surface area contributed by atoms with Gasteiger partial charge in [-0.3, -0.25) is 4.99 Å². The first-order valence-electron chi connectivity index (χ1n) is 10.4. The number of methoxy groups -OCH3 is 1. The third kappa shape index (κ3) is 7.60. The van der Waals surface area contributed by atoms with Gasteiger partial charge in [0.05, 0.1) is 16.8 Å². The van der Waals surface area contributed by atoms with Gasteiger partial charge in [0.25, 0.3) is 0 Å². The fraction of sp³-hybridized carbons (Fsp3) is 0.667. The number of benzene rings is 1. The normalized spacial score (nSPS) is 17.3. The summed E-state index contributed by atoms with van der Waals surface area (Å²) in [5.41, 5.74) is 0. The van der Waals surface area contributed by atoms with Crippen molar-refractivity contribution in [3.05, 3.63) is 30.3 Å². The van der Waals surface area contributed by atoms with Crippen LogP contribution in [-0.2, 0) is 19.3 Å². The molecule has 1 aliphatic heterocycles. The molecule has 0 spiro atoms. The van der Waals surface area contributed by atoms with Gasteiger partial charge in [0.15, 0.2) is 15.8 Å². The lowest BCUT2D eigenvalue weighted by atomic mass is 10.1. The fourth-order valence-corrected chi connectivity index (χ4v) is 5.03. The average molecular weight is 426 g/mol. The second kappa shape index (κ2) is 12.1. The molecule has 1 unspecified atom stereocenters. The van der Waals surface area contributed by atoms with Crippen LogP contribution in [0.5, 0.6) is 0 Å². The summed E-state index contributed by atoms with van der Waals surface area (Å²) >= 11 is 0. The standard InChI is InChI=1S/C21H35N3O4S/c1-4-18(17-29(25,26)20-9-6-5-7-10-20)23-21(22-2)24-13-11-19(12-14-24)28-16-8-15-27-3/h5-7,9-10,18-19H,4,8,11-17H2,1-3H3,(H,22,23). The SMILES string of the molecule is CCC(CS(=O)(=O)c1ccccc1)NC(=NC)N1CCC(OCCCOC)CC1. The summed E-state index contributed by atoms with van der Waals surface area (Å²) in [6.45, 7) is 5.12. The molecule has 1 aliphatic rings. The predicted molar refractivity (Wildman–Crippen MR) is 116 cm³/mol. The molecular weight excluding hydrogens is 390 g/mol. The first kappa shape index (κ1) is 23.6. The Bertz CT molecular complexity index is 717. The molecule has 0 radical (unpaired) electrons. The molecule has 8 heteroatoms. The van der Waals surface area contributed by atoms with Crippen LogP contribution in [0.1, 0.15) is 32.6 Å². The molecule has 164 valence electrons. The van der Waals surface area contributed by atoms with Crippen molar-refractivity contribution in [2.45, 2.75) is 49.6 Å². The number of rotatable bonds is 10. The fourth-order valence-electron chi connectivity index (χ4n) is 3.42. The summed E-state index contributed by atoms with van der Waals surface area (Å²) in [6.07, 6.45) is 3.75. The highest BCUT2D eigenvalue weighted by Gasteiger charge is 2.25. The molecule has 1 N–H and O–H groups in total. The molecule has 1 heterocycles. The number of sulfone groups is 1. The van der Waals surface area contributed by atoms with Gasteiger partial charge in [-0.25, -0.2) is 8.42 Å². The third-order valence-electron chi connectivity index (χ3n) is 5.15.